The predicted molar refractivity (Wildman–Crippen MR) is 135 cm³/mol. The van der Waals surface area contributed by atoms with Crippen LogP contribution in [0, 0.1) is 0 Å². The highest BCUT2D eigenvalue weighted by Crippen LogP contribution is 2.24. The molecule has 0 aliphatic rings. The van der Waals surface area contributed by atoms with Gasteiger partial charge in [-0.2, -0.15) is 0 Å². The molecule has 0 saturated carbocycles. The molecule has 2 rings (SSSR count). The summed E-state index contributed by atoms with van der Waals surface area (Å²) in [4.78, 5) is 27.8. The van der Waals surface area contributed by atoms with Crippen molar-refractivity contribution in [2.75, 3.05) is 6.61 Å². The predicted octanol–water partition coefficient (Wildman–Crippen LogP) is 6.22. The van der Waals surface area contributed by atoms with Gasteiger partial charge in [0.05, 0.1) is 10.0 Å². The first-order valence-corrected chi connectivity index (χ1v) is 12.2. The molecule has 5 nitrogen and oxygen atoms in total. The molecule has 1 N–H and O–H groups in total. The zero-order valence-electron chi connectivity index (χ0n) is 20.0. The van der Waals surface area contributed by atoms with E-state index in [-0.39, 0.29) is 31.0 Å². The standard InChI is InChI=1S/C26H34Cl2N2O3/c1-6-18(5)29-26(32)24(7-2)30(15-19-8-13-22(27)23(28)14-19)25(31)16-33-21-11-9-20(10-12-21)17(3)4/h8-14,17-18,24H,6-7,15-16H2,1-5H3,(H,29,32). The molecule has 2 amide bonds. The Kier molecular flexibility index (Phi) is 10.5. The summed E-state index contributed by atoms with van der Waals surface area (Å²) in [5.41, 5.74) is 1.98. The summed E-state index contributed by atoms with van der Waals surface area (Å²) >= 11 is 12.2. The summed E-state index contributed by atoms with van der Waals surface area (Å²) < 4.78 is 5.77. The van der Waals surface area contributed by atoms with Gasteiger partial charge in [-0.3, -0.25) is 9.59 Å². The molecule has 0 spiro atoms. The second-order valence-corrected chi connectivity index (χ2v) is 9.34. The van der Waals surface area contributed by atoms with Gasteiger partial charge in [0.15, 0.2) is 6.61 Å². The number of carbonyl (C=O) groups is 2. The molecular formula is C26H34Cl2N2O3. The van der Waals surface area contributed by atoms with Crippen molar-refractivity contribution in [1.29, 1.82) is 0 Å². The lowest BCUT2D eigenvalue weighted by molar-refractivity contribution is -0.143. The molecule has 0 aliphatic carbocycles. The third-order valence-corrected chi connectivity index (χ3v) is 6.37. The summed E-state index contributed by atoms with van der Waals surface area (Å²) in [6, 6.07) is 12.3. The molecule has 2 aromatic rings. The van der Waals surface area contributed by atoms with E-state index in [4.69, 9.17) is 27.9 Å². The van der Waals surface area contributed by atoms with Crippen molar-refractivity contribution in [3.8, 4) is 5.75 Å². The third-order valence-electron chi connectivity index (χ3n) is 5.63. The molecule has 0 bridgehead atoms. The van der Waals surface area contributed by atoms with Crippen LogP contribution in [0.4, 0.5) is 0 Å². The lowest BCUT2D eigenvalue weighted by atomic mass is 10.0. The van der Waals surface area contributed by atoms with Gasteiger partial charge in [-0.05, 0) is 61.1 Å². The topological polar surface area (TPSA) is 58.6 Å². The van der Waals surface area contributed by atoms with E-state index in [0.29, 0.717) is 28.1 Å². The molecule has 0 aromatic heterocycles. The highest BCUT2D eigenvalue weighted by atomic mass is 35.5. The van der Waals surface area contributed by atoms with Gasteiger partial charge < -0.3 is 15.0 Å². The van der Waals surface area contributed by atoms with Crippen LogP contribution in [0.3, 0.4) is 0 Å². The number of hydrogen-bond donors (Lipinski definition) is 1. The Labute approximate surface area is 207 Å². The van der Waals surface area contributed by atoms with Crippen LogP contribution in [0.25, 0.3) is 0 Å². The Morgan fingerprint density at radius 2 is 1.64 bits per heavy atom. The van der Waals surface area contributed by atoms with E-state index in [1.54, 1.807) is 23.1 Å². The van der Waals surface area contributed by atoms with Gasteiger partial charge in [0.25, 0.3) is 5.91 Å². The van der Waals surface area contributed by atoms with Crippen molar-refractivity contribution >= 4 is 35.0 Å². The lowest BCUT2D eigenvalue weighted by Crippen LogP contribution is -2.51. The van der Waals surface area contributed by atoms with E-state index < -0.39 is 6.04 Å². The molecule has 0 radical (unpaired) electrons. The van der Waals surface area contributed by atoms with Crippen LogP contribution in [0.5, 0.6) is 5.75 Å². The van der Waals surface area contributed by atoms with Crippen LogP contribution in [0.2, 0.25) is 10.0 Å². The van der Waals surface area contributed by atoms with Crippen molar-refractivity contribution in [2.24, 2.45) is 0 Å². The summed E-state index contributed by atoms with van der Waals surface area (Å²) in [5.74, 6) is 0.567. The van der Waals surface area contributed by atoms with Gasteiger partial charge in [-0.15, -0.1) is 0 Å². The average molecular weight is 493 g/mol. The van der Waals surface area contributed by atoms with E-state index in [1.165, 1.54) is 5.56 Å². The van der Waals surface area contributed by atoms with Gasteiger partial charge in [-0.1, -0.05) is 69.1 Å². The van der Waals surface area contributed by atoms with Crippen molar-refractivity contribution in [2.45, 2.75) is 72.0 Å². The summed E-state index contributed by atoms with van der Waals surface area (Å²) in [6.07, 6.45) is 1.27. The van der Waals surface area contributed by atoms with Gasteiger partial charge in [-0.25, -0.2) is 0 Å². The molecule has 0 saturated heterocycles. The van der Waals surface area contributed by atoms with Crippen LogP contribution in [0.1, 0.15) is 64.5 Å². The van der Waals surface area contributed by atoms with Crippen molar-refractivity contribution in [3.63, 3.8) is 0 Å². The number of carbonyl (C=O) groups excluding carboxylic acids is 2. The molecule has 180 valence electrons. The Hall–Kier alpha value is -2.24. The maximum Gasteiger partial charge on any atom is 0.261 e. The number of nitrogens with one attached hydrogen (secondary N) is 1. The second-order valence-electron chi connectivity index (χ2n) is 8.52. The van der Waals surface area contributed by atoms with Crippen LogP contribution >= 0.6 is 23.2 Å². The molecule has 0 heterocycles. The number of rotatable bonds is 11. The molecule has 0 aliphatic heterocycles. The van der Waals surface area contributed by atoms with Crippen LogP contribution in [0.15, 0.2) is 42.5 Å². The molecule has 33 heavy (non-hydrogen) atoms. The Balaban J connectivity index is 2.22. The monoisotopic (exact) mass is 492 g/mol. The first-order chi connectivity index (χ1) is 15.7. The molecule has 7 heteroatoms. The largest absolute Gasteiger partial charge is 0.484 e. The van der Waals surface area contributed by atoms with Crippen molar-refractivity contribution in [1.82, 2.24) is 10.2 Å². The van der Waals surface area contributed by atoms with E-state index in [2.05, 4.69) is 19.2 Å². The minimum atomic E-state index is -0.632. The smallest absolute Gasteiger partial charge is 0.261 e. The number of nitrogens with zero attached hydrogens (tertiary/aromatic N) is 1. The quantitative estimate of drug-likeness (QED) is 0.405. The molecule has 2 aromatic carbocycles. The van der Waals surface area contributed by atoms with Gasteiger partial charge in [0, 0.05) is 12.6 Å². The lowest BCUT2D eigenvalue weighted by Gasteiger charge is -2.31. The van der Waals surface area contributed by atoms with Gasteiger partial charge in [0.2, 0.25) is 5.91 Å². The zero-order chi connectivity index (χ0) is 24.5. The minimum Gasteiger partial charge on any atom is -0.484 e. The summed E-state index contributed by atoms with van der Waals surface area (Å²) in [7, 11) is 0. The van der Waals surface area contributed by atoms with Crippen LogP contribution < -0.4 is 10.1 Å². The number of ether oxygens (including phenoxy) is 1. The highest BCUT2D eigenvalue weighted by molar-refractivity contribution is 6.42. The number of hydrogen-bond acceptors (Lipinski definition) is 3. The number of halogens is 2. The van der Waals surface area contributed by atoms with Gasteiger partial charge >= 0.3 is 0 Å². The normalized spacial score (nSPS) is 12.8. The first kappa shape index (κ1) is 27.0. The van der Waals surface area contributed by atoms with Crippen LogP contribution in [-0.4, -0.2) is 35.4 Å². The minimum absolute atomic E-state index is 0.0178. The SMILES string of the molecule is CCC(C)NC(=O)C(CC)N(Cc1ccc(Cl)c(Cl)c1)C(=O)COc1ccc(C(C)C)cc1. The van der Waals surface area contributed by atoms with E-state index in [1.807, 2.05) is 45.0 Å². The third kappa shape index (κ3) is 7.94. The van der Waals surface area contributed by atoms with Gasteiger partial charge in [0.1, 0.15) is 11.8 Å². The van der Waals surface area contributed by atoms with Crippen molar-refractivity contribution < 1.29 is 14.3 Å². The summed E-state index contributed by atoms with van der Waals surface area (Å²) in [5, 5.41) is 3.83. The Morgan fingerprint density at radius 3 is 2.18 bits per heavy atom. The Morgan fingerprint density at radius 1 is 0.970 bits per heavy atom. The molecule has 2 unspecified atom stereocenters. The fourth-order valence-electron chi connectivity index (χ4n) is 3.37. The maximum atomic E-state index is 13.3. The first-order valence-electron chi connectivity index (χ1n) is 11.4. The fourth-order valence-corrected chi connectivity index (χ4v) is 3.69. The fraction of sp³-hybridized carbons (Fsp3) is 0.462. The molecular weight excluding hydrogens is 459 g/mol. The number of benzene rings is 2. The summed E-state index contributed by atoms with van der Waals surface area (Å²) in [6.45, 7) is 10.1. The van der Waals surface area contributed by atoms with E-state index in [0.717, 1.165) is 12.0 Å². The van der Waals surface area contributed by atoms with E-state index in [9.17, 15) is 9.59 Å². The number of amides is 2. The van der Waals surface area contributed by atoms with E-state index >= 15 is 0 Å². The Bertz CT molecular complexity index is 932. The van der Waals surface area contributed by atoms with Crippen molar-refractivity contribution in [3.05, 3.63) is 63.6 Å². The second kappa shape index (κ2) is 12.9. The van der Waals surface area contributed by atoms with Crippen LogP contribution in [-0.2, 0) is 16.1 Å². The highest BCUT2D eigenvalue weighted by Gasteiger charge is 2.29. The average Bonchev–Trinajstić information content (AvgIpc) is 2.79. The molecule has 0 fully saturated rings. The molecule has 2 atom stereocenters. The maximum absolute atomic E-state index is 13.3. The zero-order valence-corrected chi connectivity index (χ0v) is 21.5.